The van der Waals surface area contributed by atoms with Crippen molar-refractivity contribution in [2.75, 3.05) is 0 Å². The molecule has 6 heteroatoms. The van der Waals surface area contributed by atoms with Crippen molar-refractivity contribution in [3.63, 3.8) is 0 Å². The molecule has 4 N–H and O–H groups in total. The molecule has 0 saturated carbocycles. The van der Waals surface area contributed by atoms with Gasteiger partial charge in [-0.05, 0) is 32.0 Å². The molecule has 6 nitrogen and oxygen atoms in total. The van der Waals surface area contributed by atoms with Crippen LogP contribution in [-0.2, 0) is 4.79 Å². The van der Waals surface area contributed by atoms with Crippen LogP contribution < -0.4 is 11.1 Å². The predicted molar refractivity (Wildman–Crippen MR) is 68.7 cm³/mol. The van der Waals surface area contributed by atoms with E-state index in [2.05, 4.69) is 5.32 Å². The van der Waals surface area contributed by atoms with Gasteiger partial charge < -0.3 is 16.2 Å². The van der Waals surface area contributed by atoms with E-state index in [4.69, 9.17) is 10.8 Å². The Morgan fingerprint density at radius 3 is 2.32 bits per heavy atom. The van der Waals surface area contributed by atoms with Gasteiger partial charge in [-0.25, -0.2) is 0 Å². The molecule has 0 saturated heterocycles. The second-order valence-corrected chi connectivity index (χ2v) is 4.33. The number of hydrogen-bond donors (Lipinski definition) is 3. The minimum Gasteiger partial charge on any atom is -0.481 e. The number of amides is 2. The minimum absolute atomic E-state index is 0.228. The van der Waals surface area contributed by atoms with Crippen LogP contribution in [-0.4, -0.2) is 28.9 Å². The van der Waals surface area contributed by atoms with E-state index in [1.165, 1.54) is 25.1 Å². The van der Waals surface area contributed by atoms with Gasteiger partial charge in [-0.3, -0.25) is 14.4 Å². The first-order chi connectivity index (χ1) is 8.82. The molecule has 1 aromatic carbocycles. The lowest BCUT2D eigenvalue weighted by Crippen LogP contribution is -2.40. The SMILES string of the molecule is CC(NC(=O)c1cccc(C(N)=O)c1)C(C)C(=O)O. The lowest BCUT2D eigenvalue weighted by molar-refractivity contribution is -0.141. The maximum Gasteiger partial charge on any atom is 0.308 e. The summed E-state index contributed by atoms with van der Waals surface area (Å²) in [5.74, 6) is -2.76. The molecule has 0 radical (unpaired) electrons. The monoisotopic (exact) mass is 264 g/mol. The summed E-state index contributed by atoms with van der Waals surface area (Å²) in [6.45, 7) is 3.11. The first-order valence-electron chi connectivity index (χ1n) is 5.76. The highest BCUT2D eigenvalue weighted by Crippen LogP contribution is 2.07. The van der Waals surface area contributed by atoms with Gasteiger partial charge in [0.2, 0.25) is 5.91 Å². The molecule has 2 amide bonds. The third kappa shape index (κ3) is 3.80. The van der Waals surface area contributed by atoms with Gasteiger partial charge in [0.15, 0.2) is 0 Å². The van der Waals surface area contributed by atoms with Crippen LogP contribution in [0.25, 0.3) is 0 Å². The average molecular weight is 264 g/mol. The number of aliphatic carboxylic acids is 1. The van der Waals surface area contributed by atoms with Crippen molar-refractivity contribution in [3.05, 3.63) is 35.4 Å². The van der Waals surface area contributed by atoms with Crippen LogP contribution >= 0.6 is 0 Å². The fourth-order valence-electron chi connectivity index (χ4n) is 1.44. The van der Waals surface area contributed by atoms with Gasteiger partial charge >= 0.3 is 5.97 Å². The predicted octanol–water partition coefficient (Wildman–Crippen LogP) is 0.624. The first-order valence-corrected chi connectivity index (χ1v) is 5.76. The van der Waals surface area contributed by atoms with E-state index in [9.17, 15) is 14.4 Å². The molecule has 2 unspecified atom stereocenters. The normalized spacial score (nSPS) is 13.4. The Balaban J connectivity index is 2.81. The van der Waals surface area contributed by atoms with E-state index in [0.717, 1.165) is 0 Å². The number of carboxylic acids is 1. The van der Waals surface area contributed by atoms with Gasteiger partial charge in [-0.1, -0.05) is 6.07 Å². The number of nitrogens with two attached hydrogens (primary N) is 1. The Labute approximate surface area is 110 Å². The molecule has 102 valence electrons. The van der Waals surface area contributed by atoms with Crippen molar-refractivity contribution in [2.45, 2.75) is 19.9 Å². The fraction of sp³-hybridized carbons (Fsp3) is 0.308. The van der Waals surface area contributed by atoms with E-state index < -0.39 is 29.7 Å². The topological polar surface area (TPSA) is 109 Å². The van der Waals surface area contributed by atoms with E-state index >= 15 is 0 Å². The standard InChI is InChI=1S/C13H16N2O4/c1-7(13(18)19)8(2)15-12(17)10-5-3-4-9(6-10)11(14)16/h3-8H,1-2H3,(H2,14,16)(H,15,17)(H,18,19). The molecule has 0 aliphatic rings. The third-order valence-electron chi connectivity index (χ3n) is 2.91. The zero-order chi connectivity index (χ0) is 14.6. The van der Waals surface area contributed by atoms with Gasteiger partial charge in [0, 0.05) is 17.2 Å². The highest BCUT2D eigenvalue weighted by atomic mass is 16.4. The number of primary amides is 1. The van der Waals surface area contributed by atoms with Crippen molar-refractivity contribution in [1.29, 1.82) is 0 Å². The Hall–Kier alpha value is -2.37. The molecule has 0 aliphatic carbocycles. The van der Waals surface area contributed by atoms with Gasteiger partial charge in [-0.2, -0.15) is 0 Å². The summed E-state index contributed by atoms with van der Waals surface area (Å²) in [7, 11) is 0. The second-order valence-electron chi connectivity index (χ2n) is 4.33. The zero-order valence-electron chi connectivity index (χ0n) is 10.7. The highest BCUT2D eigenvalue weighted by Gasteiger charge is 2.21. The molecule has 0 fully saturated rings. The van der Waals surface area contributed by atoms with Crippen LogP contribution in [0.4, 0.5) is 0 Å². The van der Waals surface area contributed by atoms with E-state index in [1.807, 2.05) is 0 Å². The number of carboxylic acid groups (broad SMARTS) is 1. The summed E-state index contributed by atoms with van der Waals surface area (Å²) in [4.78, 5) is 33.7. The smallest absolute Gasteiger partial charge is 0.308 e. The van der Waals surface area contributed by atoms with Crippen LogP contribution in [0.15, 0.2) is 24.3 Å². The van der Waals surface area contributed by atoms with Crippen molar-refractivity contribution >= 4 is 17.8 Å². The Bertz CT molecular complexity index is 513. The number of nitrogens with one attached hydrogen (secondary N) is 1. The molecule has 0 heterocycles. The lowest BCUT2D eigenvalue weighted by Gasteiger charge is -2.17. The Morgan fingerprint density at radius 2 is 1.79 bits per heavy atom. The van der Waals surface area contributed by atoms with Crippen LogP contribution in [0, 0.1) is 5.92 Å². The lowest BCUT2D eigenvalue weighted by atomic mass is 10.0. The van der Waals surface area contributed by atoms with E-state index in [1.54, 1.807) is 13.0 Å². The number of hydrogen-bond acceptors (Lipinski definition) is 3. The zero-order valence-corrected chi connectivity index (χ0v) is 10.7. The van der Waals surface area contributed by atoms with Crippen molar-refractivity contribution in [2.24, 2.45) is 11.7 Å². The van der Waals surface area contributed by atoms with Gasteiger partial charge in [0.05, 0.1) is 5.92 Å². The number of carbonyl (C=O) groups excluding carboxylic acids is 2. The van der Waals surface area contributed by atoms with Crippen LogP contribution in [0.2, 0.25) is 0 Å². The number of benzene rings is 1. The van der Waals surface area contributed by atoms with Gasteiger partial charge in [0.25, 0.3) is 5.91 Å². The van der Waals surface area contributed by atoms with Crippen molar-refractivity contribution in [1.82, 2.24) is 5.32 Å². The second kappa shape index (κ2) is 5.99. The maximum absolute atomic E-state index is 11.9. The maximum atomic E-state index is 11.9. The Morgan fingerprint density at radius 1 is 1.21 bits per heavy atom. The average Bonchev–Trinajstić information content (AvgIpc) is 2.37. The van der Waals surface area contributed by atoms with Crippen LogP contribution in [0.3, 0.4) is 0 Å². The van der Waals surface area contributed by atoms with Crippen LogP contribution in [0.5, 0.6) is 0 Å². The minimum atomic E-state index is -0.987. The molecule has 1 rings (SSSR count). The van der Waals surface area contributed by atoms with Crippen molar-refractivity contribution in [3.8, 4) is 0 Å². The molecule has 0 aromatic heterocycles. The largest absolute Gasteiger partial charge is 0.481 e. The molecule has 1 aromatic rings. The fourth-order valence-corrected chi connectivity index (χ4v) is 1.44. The Kier molecular flexibility index (Phi) is 4.63. The van der Waals surface area contributed by atoms with E-state index in [0.29, 0.717) is 0 Å². The summed E-state index contributed by atoms with van der Waals surface area (Å²) >= 11 is 0. The van der Waals surface area contributed by atoms with Crippen LogP contribution in [0.1, 0.15) is 34.6 Å². The quantitative estimate of drug-likeness (QED) is 0.724. The highest BCUT2D eigenvalue weighted by molar-refractivity contribution is 5.99. The summed E-state index contributed by atoms with van der Waals surface area (Å²) in [6, 6.07) is 5.42. The van der Waals surface area contributed by atoms with Gasteiger partial charge in [0.1, 0.15) is 0 Å². The summed E-state index contributed by atoms with van der Waals surface area (Å²) in [5, 5.41) is 11.4. The molecule has 0 aliphatic heterocycles. The molecule has 0 bridgehead atoms. The molecule has 0 spiro atoms. The molecule has 2 atom stereocenters. The van der Waals surface area contributed by atoms with Gasteiger partial charge in [-0.15, -0.1) is 0 Å². The molecular formula is C13H16N2O4. The summed E-state index contributed by atoms with van der Waals surface area (Å²) in [6.07, 6.45) is 0. The molecule has 19 heavy (non-hydrogen) atoms. The number of rotatable bonds is 5. The summed E-state index contributed by atoms with van der Waals surface area (Å²) < 4.78 is 0. The summed E-state index contributed by atoms with van der Waals surface area (Å²) in [5.41, 5.74) is 5.62. The first kappa shape index (κ1) is 14.7. The number of carbonyl (C=O) groups is 3. The van der Waals surface area contributed by atoms with E-state index in [-0.39, 0.29) is 11.1 Å². The van der Waals surface area contributed by atoms with Crippen molar-refractivity contribution < 1.29 is 19.5 Å². The molecular weight excluding hydrogens is 248 g/mol. The third-order valence-corrected chi connectivity index (χ3v) is 2.91.